The number of primary amides is 1. The highest BCUT2D eigenvalue weighted by atomic mass is 19.4. The van der Waals surface area contributed by atoms with Crippen molar-refractivity contribution in [1.29, 1.82) is 0 Å². The van der Waals surface area contributed by atoms with Gasteiger partial charge in [-0.3, -0.25) is 4.79 Å². The zero-order valence-electron chi connectivity index (χ0n) is 5.85. The maximum absolute atomic E-state index is 11.8. The quantitative estimate of drug-likeness (QED) is 0.612. The van der Waals surface area contributed by atoms with E-state index >= 15 is 0 Å². The molecular formula is C5H9F3N2O. The van der Waals surface area contributed by atoms with E-state index in [1.807, 2.05) is 0 Å². The molecule has 0 aromatic carbocycles. The molecular weight excluding hydrogens is 161 g/mol. The van der Waals surface area contributed by atoms with Crippen molar-refractivity contribution in [2.24, 2.45) is 17.4 Å². The molecule has 2 atom stereocenters. The molecule has 1 amide bonds. The first-order chi connectivity index (χ1) is 4.76. The molecule has 0 aromatic heterocycles. The highest BCUT2D eigenvalue weighted by Crippen LogP contribution is 2.27. The largest absolute Gasteiger partial charge is 0.393 e. The minimum Gasteiger partial charge on any atom is -0.368 e. The molecule has 0 saturated carbocycles. The first-order valence-electron chi connectivity index (χ1n) is 2.88. The summed E-state index contributed by atoms with van der Waals surface area (Å²) in [4.78, 5) is 10.2. The number of amides is 1. The summed E-state index contributed by atoms with van der Waals surface area (Å²) in [5.41, 5.74) is 9.42. The Morgan fingerprint density at radius 3 is 1.91 bits per heavy atom. The molecule has 0 saturated heterocycles. The molecule has 2 unspecified atom stereocenters. The molecule has 0 aliphatic heterocycles. The van der Waals surface area contributed by atoms with Crippen LogP contribution < -0.4 is 11.5 Å². The number of carbonyl (C=O) groups is 1. The normalized spacial score (nSPS) is 17.5. The minimum atomic E-state index is -4.46. The number of alkyl halides is 3. The van der Waals surface area contributed by atoms with Crippen LogP contribution in [0.5, 0.6) is 0 Å². The van der Waals surface area contributed by atoms with Crippen LogP contribution in [0.3, 0.4) is 0 Å². The van der Waals surface area contributed by atoms with Gasteiger partial charge in [-0.2, -0.15) is 13.2 Å². The Labute approximate surface area is 61.5 Å². The van der Waals surface area contributed by atoms with Gasteiger partial charge >= 0.3 is 6.18 Å². The van der Waals surface area contributed by atoms with Crippen LogP contribution in [-0.4, -0.2) is 18.1 Å². The third-order valence-electron chi connectivity index (χ3n) is 1.38. The molecule has 6 heteroatoms. The molecule has 11 heavy (non-hydrogen) atoms. The van der Waals surface area contributed by atoms with Crippen molar-refractivity contribution in [2.75, 3.05) is 0 Å². The van der Waals surface area contributed by atoms with Gasteiger partial charge in [-0.05, 0) is 0 Å². The number of hydrogen-bond donors (Lipinski definition) is 2. The van der Waals surface area contributed by atoms with Crippen molar-refractivity contribution < 1.29 is 18.0 Å². The summed E-state index contributed by atoms with van der Waals surface area (Å²) in [6, 6.07) is -1.66. The summed E-state index contributed by atoms with van der Waals surface area (Å²) in [7, 11) is 0. The minimum absolute atomic E-state index is 0.815. The third kappa shape index (κ3) is 2.75. The number of rotatable bonds is 2. The first kappa shape index (κ1) is 10.2. The maximum Gasteiger partial charge on any atom is 0.393 e. The van der Waals surface area contributed by atoms with Crippen molar-refractivity contribution in [1.82, 2.24) is 0 Å². The monoisotopic (exact) mass is 170 g/mol. The average molecular weight is 170 g/mol. The fraction of sp³-hybridized carbons (Fsp3) is 0.800. The topological polar surface area (TPSA) is 69.1 Å². The Hall–Kier alpha value is -0.780. The highest BCUT2D eigenvalue weighted by molar-refractivity contribution is 5.79. The van der Waals surface area contributed by atoms with Crippen molar-refractivity contribution in [3.63, 3.8) is 0 Å². The molecule has 0 aromatic rings. The van der Waals surface area contributed by atoms with Gasteiger partial charge < -0.3 is 11.5 Å². The van der Waals surface area contributed by atoms with Gasteiger partial charge in [0.25, 0.3) is 0 Å². The van der Waals surface area contributed by atoms with Crippen LogP contribution in [-0.2, 0) is 4.79 Å². The van der Waals surface area contributed by atoms with Crippen LogP contribution >= 0.6 is 0 Å². The highest BCUT2D eigenvalue weighted by Gasteiger charge is 2.41. The van der Waals surface area contributed by atoms with Crippen LogP contribution in [0.15, 0.2) is 0 Å². The van der Waals surface area contributed by atoms with E-state index in [0.717, 1.165) is 6.92 Å². The first-order valence-corrected chi connectivity index (χ1v) is 2.88. The predicted octanol–water partition coefficient (Wildman–Crippen LogP) is -0.00260. The SMILES string of the molecule is CC(C(N)C(N)=O)C(F)(F)F. The Bertz CT molecular complexity index is 156. The van der Waals surface area contributed by atoms with Crippen LogP contribution in [0.1, 0.15) is 6.92 Å². The molecule has 66 valence electrons. The Morgan fingerprint density at radius 1 is 1.45 bits per heavy atom. The van der Waals surface area contributed by atoms with Crippen LogP contribution in [0.2, 0.25) is 0 Å². The summed E-state index contributed by atoms with van der Waals surface area (Å²) < 4.78 is 35.3. The van der Waals surface area contributed by atoms with Gasteiger partial charge in [-0.25, -0.2) is 0 Å². The standard InChI is InChI=1S/C5H9F3N2O/c1-2(5(6,7)8)3(9)4(10)11/h2-3H,9H2,1H3,(H2,10,11). The maximum atomic E-state index is 11.8. The summed E-state index contributed by atoms with van der Waals surface area (Å²) >= 11 is 0. The van der Waals surface area contributed by atoms with Gasteiger partial charge in [-0.15, -0.1) is 0 Å². The molecule has 0 radical (unpaired) electrons. The van der Waals surface area contributed by atoms with E-state index in [-0.39, 0.29) is 0 Å². The van der Waals surface area contributed by atoms with Crippen molar-refractivity contribution in [3.8, 4) is 0 Å². The molecule has 0 fully saturated rings. The fourth-order valence-corrected chi connectivity index (χ4v) is 0.450. The molecule has 0 aliphatic carbocycles. The molecule has 0 aliphatic rings. The zero-order valence-corrected chi connectivity index (χ0v) is 5.85. The van der Waals surface area contributed by atoms with Gasteiger partial charge in [0, 0.05) is 0 Å². The van der Waals surface area contributed by atoms with Crippen molar-refractivity contribution in [3.05, 3.63) is 0 Å². The van der Waals surface area contributed by atoms with Crippen molar-refractivity contribution >= 4 is 5.91 Å². The van der Waals surface area contributed by atoms with Gasteiger partial charge in [0.2, 0.25) is 5.91 Å². The average Bonchev–Trinajstić information content (AvgIpc) is 1.82. The fourth-order valence-electron chi connectivity index (χ4n) is 0.450. The van der Waals surface area contributed by atoms with E-state index in [4.69, 9.17) is 5.73 Å². The third-order valence-corrected chi connectivity index (χ3v) is 1.38. The van der Waals surface area contributed by atoms with E-state index in [2.05, 4.69) is 5.73 Å². The number of hydrogen-bond acceptors (Lipinski definition) is 2. The Morgan fingerprint density at radius 2 is 1.82 bits per heavy atom. The number of nitrogens with two attached hydrogens (primary N) is 2. The number of carbonyl (C=O) groups excluding carboxylic acids is 1. The van der Waals surface area contributed by atoms with Crippen LogP contribution in [0, 0.1) is 5.92 Å². The molecule has 0 bridgehead atoms. The Kier molecular flexibility index (Phi) is 2.86. The lowest BCUT2D eigenvalue weighted by atomic mass is 10.0. The summed E-state index contributed by atoms with van der Waals surface area (Å²) in [6.07, 6.45) is -4.46. The van der Waals surface area contributed by atoms with Gasteiger partial charge in [0.05, 0.1) is 12.0 Å². The number of halogens is 3. The van der Waals surface area contributed by atoms with E-state index in [9.17, 15) is 18.0 Å². The van der Waals surface area contributed by atoms with E-state index < -0.39 is 24.0 Å². The zero-order chi connectivity index (χ0) is 9.23. The van der Waals surface area contributed by atoms with Gasteiger partial charge in [0.1, 0.15) is 0 Å². The molecule has 3 nitrogen and oxygen atoms in total. The summed E-state index contributed by atoms with van der Waals surface area (Å²) in [5, 5.41) is 0. The second-order valence-corrected chi connectivity index (χ2v) is 2.26. The van der Waals surface area contributed by atoms with Gasteiger partial charge in [0.15, 0.2) is 0 Å². The van der Waals surface area contributed by atoms with Crippen LogP contribution in [0.4, 0.5) is 13.2 Å². The van der Waals surface area contributed by atoms with E-state index in [1.54, 1.807) is 0 Å². The van der Waals surface area contributed by atoms with E-state index in [0.29, 0.717) is 0 Å². The predicted molar refractivity (Wildman–Crippen MR) is 32.4 cm³/mol. The smallest absolute Gasteiger partial charge is 0.368 e. The second-order valence-electron chi connectivity index (χ2n) is 2.26. The molecule has 0 rings (SSSR count). The summed E-state index contributed by atoms with van der Waals surface area (Å²) in [5.74, 6) is -3.03. The lowest BCUT2D eigenvalue weighted by Crippen LogP contribution is -2.47. The lowest BCUT2D eigenvalue weighted by molar-refractivity contribution is -0.177. The second kappa shape index (κ2) is 3.08. The molecule has 0 heterocycles. The summed E-state index contributed by atoms with van der Waals surface area (Å²) in [6.45, 7) is 0.815. The van der Waals surface area contributed by atoms with Gasteiger partial charge in [-0.1, -0.05) is 6.92 Å². The lowest BCUT2D eigenvalue weighted by Gasteiger charge is -2.19. The van der Waals surface area contributed by atoms with E-state index in [1.165, 1.54) is 0 Å². The Balaban J connectivity index is 4.25. The molecule has 4 N–H and O–H groups in total. The molecule has 0 spiro atoms. The van der Waals surface area contributed by atoms with Crippen molar-refractivity contribution in [2.45, 2.75) is 19.1 Å². The van der Waals surface area contributed by atoms with Crippen LogP contribution in [0.25, 0.3) is 0 Å².